The van der Waals surface area contributed by atoms with Gasteiger partial charge in [-0.3, -0.25) is 14.4 Å². The average molecular weight is 466 g/mol. The van der Waals surface area contributed by atoms with Crippen LogP contribution in [0.1, 0.15) is 62.9 Å². The smallest absolute Gasteiger partial charge is 0.222 e. The first kappa shape index (κ1) is 24.9. The molecule has 0 spiro atoms. The molecular formula is C28H43N5O. The zero-order valence-corrected chi connectivity index (χ0v) is 21.4. The van der Waals surface area contributed by atoms with Crippen molar-refractivity contribution in [2.24, 2.45) is 11.8 Å². The zero-order valence-electron chi connectivity index (χ0n) is 21.4. The molecule has 3 heterocycles. The van der Waals surface area contributed by atoms with Crippen LogP contribution in [0.3, 0.4) is 0 Å². The van der Waals surface area contributed by atoms with Crippen LogP contribution in [-0.2, 0) is 24.4 Å². The second-order valence-corrected chi connectivity index (χ2v) is 10.4. The summed E-state index contributed by atoms with van der Waals surface area (Å²) in [5.74, 6) is 1.72. The van der Waals surface area contributed by atoms with E-state index in [1.54, 1.807) is 0 Å². The highest BCUT2D eigenvalue weighted by Crippen LogP contribution is 2.31. The van der Waals surface area contributed by atoms with Crippen molar-refractivity contribution in [3.63, 3.8) is 0 Å². The van der Waals surface area contributed by atoms with E-state index < -0.39 is 0 Å². The molecule has 3 atom stereocenters. The van der Waals surface area contributed by atoms with Crippen LogP contribution in [0.25, 0.3) is 0 Å². The highest BCUT2D eigenvalue weighted by Gasteiger charge is 2.36. The summed E-state index contributed by atoms with van der Waals surface area (Å²) < 4.78 is 2.07. The molecule has 6 heteroatoms. The van der Waals surface area contributed by atoms with Crippen LogP contribution < -0.4 is 5.32 Å². The van der Waals surface area contributed by atoms with E-state index in [-0.39, 0.29) is 5.91 Å². The second kappa shape index (κ2) is 12.0. The molecule has 4 rings (SSSR count). The van der Waals surface area contributed by atoms with Gasteiger partial charge in [0.1, 0.15) is 0 Å². The van der Waals surface area contributed by atoms with Crippen LogP contribution in [0.2, 0.25) is 0 Å². The molecule has 6 nitrogen and oxygen atoms in total. The van der Waals surface area contributed by atoms with Crippen molar-refractivity contribution in [2.75, 3.05) is 26.2 Å². The van der Waals surface area contributed by atoms with Crippen molar-refractivity contribution in [1.29, 1.82) is 0 Å². The van der Waals surface area contributed by atoms with E-state index in [1.165, 1.54) is 25.1 Å². The third kappa shape index (κ3) is 6.48. The normalized spacial score (nSPS) is 22.6. The van der Waals surface area contributed by atoms with E-state index in [1.807, 2.05) is 11.8 Å². The fourth-order valence-corrected chi connectivity index (χ4v) is 5.92. The van der Waals surface area contributed by atoms with Gasteiger partial charge in [-0.1, -0.05) is 37.3 Å². The van der Waals surface area contributed by atoms with Gasteiger partial charge in [-0.05, 0) is 69.5 Å². The van der Waals surface area contributed by atoms with Gasteiger partial charge in [0, 0.05) is 45.2 Å². The van der Waals surface area contributed by atoms with Gasteiger partial charge in [0.2, 0.25) is 5.91 Å². The minimum absolute atomic E-state index is 0.271. The van der Waals surface area contributed by atoms with Crippen molar-refractivity contribution >= 4 is 5.91 Å². The number of carbonyl (C=O) groups is 1. The Morgan fingerprint density at radius 3 is 2.79 bits per heavy atom. The van der Waals surface area contributed by atoms with Crippen molar-refractivity contribution in [1.82, 2.24) is 24.9 Å². The fraction of sp³-hybridized carbons (Fsp3) is 0.643. The van der Waals surface area contributed by atoms with Gasteiger partial charge in [-0.15, -0.1) is 0 Å². The topological polar surface area (TPSA) is 53.4 Å². The summed E-state index contributed by atoms with van der Waals surface area (Å²) in [6, 6.07) is 13.5. The standard InChI is InChI=1S/C28H43N5O/c1-4-14-33-26(15-22(3)30-33)21-32(5-2)28(34)13-9-12-27-25-16-24(17-29-27)19-31(20-25)18-23-10-7-6-8-11-23/h6-8,10-11,15,24-25,27,29H,4-5,9,12-14,16-21H2,1-3H3/t24?,25?,27-/m1/s1. The third-order valence-electron chi connectivity index (χ3n) is 7.55. The molecule has 34 heavy (non-hydrogen) atoms. The molecule has 2 aliphatic heterocycles. The SMILES string of the molecule is CCCn1nc(C)cc1CN(CC)C(=O)CCC[C@H]1NCC2CC1CN(Cc1ccccc1)C2. The number of rotatable bonds is 11. The van der Waals surface area contributed by atoms with Gasteiger partial charge < -0.3 is 10.2 Å². The lowest BCUT2D eigenvalue weighted by Crippen LogP contribution is -2.55. The lowest BCUT2D eigenvalue weighted by atomic mass is 9.79. The average Bonchev–Trinajstić information content (AvgIpc) is 3.18. The maximum atomic E-state index is 13.0. The molecule has 186 valence electrons. The number of carbonyl (C=O) groups excluding carboxylic acids is 1. The van der Waals surface area contributed by atoms with Crippen molar-refractivity contribution in [2.45, 2.75) is 78.6 Å². The summed E-state index contributed by atoms with van der Waals surface area (Å²) in [5, 5.41) is 8.42. The maximum Gasteiger partial charge on any atom is 0.222 e. The molecule has 0 saturated carbocycles. The van der Waals surface area contributed by atoms with E-state index >= 15 is 0 Å². The molecule has 2 saturated heterocycles. The number of benzene rings is 1. The molecule has 2 aromatic rings. The number of hydrogen-bond donors (Lipinski definition) is 1. The predicted octanol–water partition coefficient (Wildman–Crippen LogP) is 4.23. The summed E-state index contributed by atoms with van der Waals surface area (Å²) in [5.41, 5.74) is 3.59. The Balaban J connectivity index is 1.25. The van der Waals surface area contributed by atoms with Gasteiger partial charge in [-0.25, -0.2) is 0 Å². The van der Waals surface area contributed by atoms with E-state index in [0.29, 0.717) is 24.9 Å². The predicted molar refractivity (Wildman–Crippen MR) is 137 cm³/mol. The number of aromatic nitrogens is 2. The Bertz CT molecular complexity index is 911. The Morgan fingerprint density at radius 2 is 2.03 bits per heavy atom. The number of aryl methyl sites for hydroxylation is 2. The Hall–Kier alpha value is -2.18. The Morgan fingerprint density at radius 1 is 1.21 bits per heavy atom. The number of hydrogen-bond acceptors (Lipinski definition) is 4. The number of amides is 1. The first-order valence-electron chi connectivity index (χ1n) is 13.4. The van der Waals surface area contributed by atoms with Crippen LogP contribution in [0.4, 0.5) is 0 Å². The number of nitrogens with one attached hydrogen (secondary N) is 1. The number of likely N-dealkylation sites (tertiary alicyclic amines) is 1. The molecule has 2 bridgehead atoms. The maximum absolute atomic E-state index is 13.0. The summed E-state index contributed by atoms with van der Waals surface area (Å²) in [6.45, 7) is 13.1. The lowest BCUT2D eigenvalue weighted by molar-refractivity contribution is -0.131. The molecule has 0 radical (unpaired) electrons. The lowest BCUT2D eigenvalue weighted by Gasteiger charge is -2.46. The first-order valence-corrected chi connectivity index (χ1v) is 13.4. The molecule has 1 N–H and O–H groups in total. The monoisotopic (exact) mass is 465 g/mol. The van der Waals surface area contributed by atoms with Crippen LogP contribution in [0.15, 0.2) is 36.4 Å². The minimum atomic E-state index is 0.271. The minimum Gasteiger partial charge on any atom is -0.337 e. The third-order valence-corrected chi connectivity index (χ3v) is 7.55. The molecule has 2 fully saturated rings. The van der Waals surface area contributed by atoms with Crippen molar-refractivity contribution in [3.05, 3.63) is 53.3 Å². The molecule has 1 aromatic heterocycles. The molecular weight excluding hydrogens is 422 g/mol. The zero-order chi connectivity index (χ0) is 23.9. The number of fused-ring (bicyclic) bond motifs is 2. The van der Waals surface area contributed by atoms with E-state index in [2.05, 4.69) is 70.2 Å². The van der Waals surface area contributed by atoms with Crippen molar-refractivity contribution < 1.29 is 4.79 Å². The summed E-state index contributed by atoms with van der Waals surface area (Å²) in [7, 11) is 0. The summed E-state index contributed by atoms with van der Waals surface area (Å²) in [4.78, 5) is 17.7. The van der Waals surface area contributed by atoms with Gasteiger partial charge in [0.25, 0.3) is 0 Å². The Labute approximate surface area is 205 Å². The molecule has 2 unspecified atom stereocenters. The number of nitrogens with zero attached hydrogens (tertiary/aromatic N) is 4. The fourth-order valence-electron chi connectivity index (χ4n) is 5.92. The summed E-state index contributed by atoms with van der Waals surface area (Å²) in [6.07, 6.45) is 5.07. The van der Waals surface area contributed by atoms with Crippen molar-refractivity contribution in [3.8, 4) is 0 Å². The van der Waals surface area contributed by atoms with E-state index in [9.17, 15) is 4.79 Å². The van der Waals surface area contributed by atoms with Crippen LogP contribution >= 0.6 is 0 Å². The van der Waals surface area contributed by atoms with Crippen LogP contribution in [0, 0.1) is 18.8 Å². The number of piperidine rings is 2. The molecule has 2 aliphatic rings. The highest BCUT2D eigenvalue weighted by atomic mass is 16.2. The van der Waals surface area contributed by atoms with E-state index in [4.69, 9.17) is 0 Å². The quantitative estimate of drug-likeness (QED) is 0.540. The highest BCUT2D eigenvalue weighted by molar-refractivity contribution is 5.76. The first-order chi connectivity index (χ1) is 16.6. The molecule has 0 aliphatic carbocycles. The second-order valence-electron chi connectivity index (χ2n) is 10.4. The van der Waals surface area contributed by atoms with E-state index in [0.717, 1.165) is 62.7 Å². The van der Waals surface area contributed by atoms with Gasteiger partial charge in [-0.2, -0.15) is 5.10 Å². The Kier molecular flexibility index (Phi) is 8.79. The van der Waals surface area contributed by atoms with Gasteiger partial charge in [0.05, 0.1) is 17.9 Å². The summed E-state index contributed by atoms with van der Waals surface area (Å²) >= 11 is 0. The largest absolute Gasteiger partial charge is 0.337 e. The van der Waals surface area contributed by atoms with Gasteiger partial charge >= 0.3 is 0 Å². The molecule has 1 aromatic carbocycles. The van der Waals surface area contributed by atoms with Crippen LogP contribution in [-0.4, -0.2) is 57.7 Å². The molecule has 1 amide bonds. The van der Waals surface area contributed by atoms with Gasteiger partial charge in [0.15, 0.2) is 0 Å². The van der Waals surface area contributed by atoms with Crippen LogP contribution in [0.5, 0.6) is 0 Å².